The molecule has 0 aliphatic rings. The standard InChI is InChI=1S/C19H14Cl2N2O4/c1-10(18(25)22-13-7-11(20)6-12(21)8-13)27-19(26)15-9-17(24)23-16-5-3-2-4-14(15)16/h2-10H,1H3,(H,22,25)(H,23,24)/t10-/m0/s1. The van der Waals surface area contributed by atoms with E-state index >= 15 is 0 Å². The highest BCUT2D eigenvalue weighted by molar-refractivity contribution is 6.35. The summed E-state index contributed by atoms with van der Waals surface area (Å²) in [4.78, 5) is 39.2. The lowest BCUT2D eigenvalue weighted by molar-refractivity contribution is -0.123. The first-order chi connectivity index (χ1) is 12.8. The van der Waals surface area contributed by atoms with Crippen molar-refractivity contribution in [3.05, 3.63) is 74.5 Å². The van der Waals surface area contributed by atoms with Crippen molar-refractivity contribution in [2.45, 2.75) is 13.0 Å². The van der Waals surface area contributed by atoms with Gasteiger partial charge in [-0.05, 0) is 31.2 Å². The van der Waals surface area contributed by atoms with Gasteiger partial charge in [0.2, 0.25) is 5.56 Å². The molecule has 138 valence electrons. The Morgan fingerprint density at radius 1 is 1.07 bits per heavy atom. The summed E-state index contributed by atoms with van der Waals surface area (Å²) in [5.74, 6) is -1.33. The minimum Gasteiger partial charge on any atom is -0.449 e. The summed E-state index contributed by atoms with van der Waals surface area (Å²) in [7, 11) is 0. The van der Waals surface area contributed by atoms with E-state index in [0.717, 1.165) is 6.07 Å². The number of carbonyl (C=O) groups is 2. The van der Waals surface area contributed by atoms with Crippen LogP contribution in [0.5, 0.6) is 0 Å². The Morgan fingerprint density at radius 2 is 1.74 bits per heavy atom. The molecule has 0 fully saturated rings. The average Bonchev–Trinajstić information content (AvgIpc) is 2.59. The van der Waals surface area contributed by atoms with E-state index in [2.05, 4.69) is 10.3 Å². The Kier molecular flexibility index (Phi) is 5.48. The first-order valence-electron chi connectivity index (χ1n) is 7.93. The fourth-order valence-corrected chi connectivity index (χ4v) is 3.05. The van der Waals surface area contributed by atoms with Crippen LogP contribution in [0.2, 0.25) is 10.0 Å². The number of aromatic nitrogens is 1. The van der Waals surface area contributed by atoms with Crippen molar-refractivity contribution in [3.63, 3.8) is 0 Å². The summed E-state index contributed by atoms with van der Waals surface area (Å²) >= 11 is 11.8. The summed E-state index contributed by atoms with van der Waals surface area (Å²) in [6, 6.07) is 12.5. The molecule has 0 radical (unpaired) electrons. The fourth-order valence-electron chi connectivity index (χ4n) is 2.52. The number of fused-ring (bicyclic) bond motifs is 1. The van der Waals surface area contributed by atoms with Gasteiger partial charge in [0.15, 0.2) is 6.10 Å². The maximum Gasteiger partial charge on any atom is 0.339 e. The first kappa shape index (κ1) is 18.9. The molecule has 0 saturated heterocycles. The van der Waals surface area contributed by atoms with Crippen molar-refractivity contribution in [3.8, 4) is 0 Å². The van der Waals surface area contributed by atoms with Crippen molar-refractivity contribution in [1.29, 1.82) is 0 Å². The Bertz CT molecular complexity index is 1070. The van der Waals surface area contributed by atoms with Crippen LogP contribution < -0.4 is 10.9 Å². The normalized spacial score (nSPS) is 11.8. The van der Waals surface area contributed by atoms with Crippen LogP contribution in [0, 0.1) is 0 Å². The van der Waals surface area contributed by atoms with Gasteiger partial charge in [-0.15, -0.1) is 0 Å². The van der Waals surface area contributed by atoms with E-state index in [1.54, 1.807) is 24.3 Å². The second-order valence-electron chi connectivity index (χ2n) is 5.79. The molecule has 1 atom stereocenters. The molecule has 27 heavy (non-hydrogen) atoms. The topological polar surface area (TPSA) is 88.3 Å². The van der Waals surface area contributed by atoms with E-state index in [4.69, 9.17) is 27.9 Å². The molecule has 3 rings (SSSR count). The quantitative estimate of drug-likeness (QED) is 0.642. The summed E-state index contributed by atoms with van der Waals surface area (Å²) < 4.78 is 5.22. The largest absolute Gasteiger partial charge is 0.449 e. The van der Waals surface area contributed by atoms with Crippen LogP contribution >= 0.6 is 23.2 Å². The summed E-state index contributed by atoms with van der Waals surface area (Å²) in [5, 5.41) is 3.82. The molecule has 1 heterocycles. The lowest BCUT2D eigenvalue weighted by Gasteiger charge is -2.14. The van der Waals surface area contributed by atoms with Crippen LogP contribution in [0.1, 0.15) is 17.3 Å². The van der Waals surface area contributed by atoms with Gasteiger partial charge in [-0.1, -0.05) is 41.4 Å². The molecule has 0 aliphatic carbocycles. The lowest BCUT2D eigenvalue weighted by Crippen LogP contribution is -2.30. The molecular weight excluding hydrogens is 391 g/mol. The minimum absolute atomic E-state index is 0.0831. The second kappa shape index (κ2) is 7.82. The van der Waals surface area contributed by atoms with Gasteiger partial charge in [0.05, 0.1) is 5.56 Å². The highest BCUT2D eigenvalue weighted by Gasteiger charge is 2.21. The number of aromatic amines is 1. The summed E-state index contributed by atoms with van der Waals surface area (Å²) in [6.45, 7) is 1.43. The number of hydrogen-bond acceptors (Lipinski definition) is 4. The van der Waals surface area contributed by atoms with E-state index in [1.807, 2.05) is 0 Å². The highest BCUT2D eigenvalue weighted by Crippen LogP contribution is 2.23. The van der Waals surface area contributed by atoms with Crippen molar-refractivity contribution in [2.24, 2.45) is 0 Å². The number of ether oxygens (including phenoxy) is 1. The Hall–Kier alpha value is -2.83. The zero-order chi connectivity index (χ0) is 19.6. The predicted molar refractivity (Wildman–Crippen MR) is 105 cm³/mol. The average molecular weight is 405 g/mol. The van der Waals surface area contributed by atoms with Crippen LogP contribution in [0.3, 0.4) is 0 Å². The number of nitrogens with one attached hydrogen (secondary N) is 2. The number of rotatable bonds is 4. The van der Waals surface area contributed by atoms with Crippen LogP contribution in [-0.4, -0.2) is 23.0 Å². The molecule has 1 amide bonds. The van der Waals surface area contributed by atoms with E-state index in [9.17, 15) is 14.4 Å². The van der Waals surface area contributed by atoms with Gasteiger partial charge in [0.25, 0.3) is 5.91 Å². The monoisotopic (exact) mass is 404 g/mol. The number of carbonyl (C=O) groups excluding carboxylic acids is 2. The summed E-state index contributed by atoms with van der Waals surface area (Å²) in [5.41, 5.74) is 0.524. The molecule has 2 aromatic carbocycles. The van der Waals surface area contributed by atoms with E-state index in [1.165, 1.54) is 25.1 Å². The van der Waals surface area contributed by atoms with Gasteiger partial charge in [-0.2, -0.15) is 0 Å². The van der Waals surface area contributed by atoms with Crippen LogP contribution in [-0.2, 0) is 9.53 Å². The molecule has 0 aliphatic heterocycles. The number of hydrogen-bond donors (Lipinski definition) is 2. The van der Waals surface area contributed by atoms with E-state index in [0.29, 0.717) is 26.6 Å². The number of amides is 1. The number of H-pyrrole nitrogens is 1. The predicted octanol–water partition coefficient (Wildman–Crippen LogP) is 4.02. The first-order valence-corrected chi connectivity index (χ1v) is 8.69. The number of halogens is 2. The van der Waals surface area contributed by atoms with Gasteiger partial charge in [-0.25, -0.2) is 4.79 Å². The van der Waals surface area contributed by atoms with Crippen molar-refractivity contribution in [2.75, 3.05) is 5.32 Å². The number of para-hydroxylation sites is 1. The Labute approximate surface area is 164 Å². The van der Waals surface area contributed by atoms with Gasteiger partial charge < -0.3 is 15.0 Å². The smallest absolute Gasteiger partial charge is 0.339 e. The SMILES string of the molecule is C[C@H](OC(=O)c1cc(=O)[nH]c2ccccc12)C(=O)Nc1cc(Cl)cc(Cl)c1. The third kappa shape index (κ3) is 4.48. The fraction of sp³-hybridized carbons (Fsp3) is 0.105. The summed E-state index contributed by atoms with van der Waals surface area (Å²) in [6.07, 6.45) is -1.10. The third-order valence-electron chi connectivity index (χ3n) is 3.75. The molecule has 2 N–H and O–H groups in total. The number of pyridine rings is 1. The van der Waals surface area contributed by atoms with E-state index in [-0.39, 0.29) is 5.56 Å². The van der Waals surface area contributed by atoms with E-state index < -0.39 is 23.5 Å². The van der Waals surface area contributed by atoms with Gasteiger partial charge in [0.1, 0.15) is 0 Å². The zero-order valence-corrected chi connectivity index (χ0v) is 15.6. The molecule has 0 unspecified atom stereocenters. The van der Waals surface area contributed by atoms with Crippen LogP contribution in [0.4, 0.5) is 5.69 Å². The minimum atomic E-state index is -1.10. The van der Waals surface area contributed by atoms with Crippen molar-refractivity contribution < 1.29 is 14.3 Å². The Balaban J connectivity index is 1.77. The van der Waals surface area contributed by atoms with Crippen molar-refractivity contribution >= 4 is 51.7 Å². The second-order valence-corrected chi connectivity index (χ2v) is 6.66. The molecular formula is C19H14Cl2N2O4. The molecule has 8 heteroatoms. The molecule has 0 spiro atoms. The van der Waals surface area contributed by atoms with Crippen LogP contribution in [0.15, 0.2) is 53.3 Å². The number of esters is 1. The number of anilines is 1. The zero-order valence-electron chi connectivity index (χ0n) is 14.1. The van der Waals surface area contributed by atoms with Crippen molar-refractivity contribution in [1.82, 2.24) is 4.98 Å². The molecule has 0 saturated carbocycles. The van der Waals surface area contributed by atoms with Gasteiger partial charge in [0, 0.05) is 32.7 Å². The highest BCUT2D eigenvalue weighted by atomic mass is 35.5. The molecule has 0 bridgehead atoms. The maximum absolute atomic E-state index is 12.5. The van der Waals surface area contributed by atoms with Crippen LogP contribution in [0.25, 0.3) is 10.9 Å². The Morgan fingerprint density at radius 3 is 2.44 bits per heavy atom. The lowest BCUT2D eigenvalue weighted by atomic mass is 10.1. The molecule has 1 aromatic heterocycles. The third-order valence-corrected chi connectivity index (χ3v) is 4.19. The number of benzene rings is 2. The molecule has 6 nitrogen and oxygen atoms in total. The maximum atomic E-state index is 12.5. The molecule has 3 aromatic rings. The van der Waals surface area contributed by atoms with Gasteiger partial charge >= 0.3 is 5.97 Å². The van der Waals surface area contributed by atoms with Gasteiger partial charge in [-0.3, -0.25) is 9.59 Å².